The monoisotopic (exact) mass is 257 g/mol. The van der Waals surface area contributed by atoms with Crippen LogP contribution in [0.4, 0.5) is 4.79 Å². The van der Waals surface area contributed by atoms with E-state index in [2.05, 4.69) is 22.5 Å². The van der Waals surface area contributed by atoms with Gasteiger partial charge < -0.3 is 20.6 Å². The number of carboxylic acids is 1. The fourth-order valence-corrected chi connectivity index (χ4v) is 2.05. The highest BCUT2D eigenvalue weighted by Gasteiger charge is 2.16. The zero-order chi connectivity index (χ0) is 13.5. The van der Waals surface area contributed by atoms with Crippen LogP contribution in [0.3, 0.4) is 0 Å². The van der Waals surface area contributed by atoms with Crippen LogP contribution in [0.2, 0.25) is 0 Å². The van der Waals surface area contributed by atoms with Gasteiger partial charge in [-0.2, -0.15) is 0 Å². The van der Waals surface area contributed by atoms with E-state index in [0.717, 1.165) is 19.6 Å². The molecule has 1 aliphatic heterocycles. The Morgan fingerprint density at radius 3 is 2.44 bits per heavy atom. The summed E-state index contributed by atoms with van der Waals surface area (Å²) < 4.78 is 0. The topological polar surface area (TPSA) is 81.7 Å². The molecule has 1 aliphatic rings. The van der Waals surface area contributed by atoms with Gasteiger partial charge in [-0.25, -0.2) is 4.79 Å². The van der Waals surface area contributed by atoms with E-state index >= 15 is 0 Å². The summed E-state index contributed by atoms with van der Waals surface area (Å²) in [5, 5.41) is 13.7. The Bertz CT molecular complexity index is 290. The van der Waals surface area contributed by atoms with E-state index < -0.39 is 18.0 Å². The van der Waals surface area contributed by atoms with E-state index in [1.165, 1.54) is 19.8 Å². The Kier molecular flexibility index (Phi) is 5.91. The Balaban J connectivity index is 2.14. The van der Waals surface area contributed by atoms with Crippen LogP contribution >= 0.6 is 0 Å². The zero-order valence-electron chi connectivity index (χ0n) is 11.1. The lowest BCUT2D eigenvalue weighted by atomic mass is 10.1. The van der Waals surface area contributed by atoms with Crippen LogP contribution in [0, 0.1) is 5.92 Å². The number of nitrogens with zero attached hydrogens (tertiary/aromatic N) is 1. The quantitative estimate of drug-likeness (QED) is 0.647. The smallest absolute Gasteiger partial charge is 0.325 e. The van der Waals surface area contributed by atoms with Crippen LogP contribution in [-0.2, 0) is 4.79 Å². The van der Waals surface area contributed by atoms with Gasteiger partial charge in [0.1, 0.15) is 6.04 Å². The molecule has 1 fully saturated rings. The summed E-state index contributed by atoms with van der Waals surface area (Å²) in [6, 6.07) is -1.28. The van der Waals surface area contributed by atoms with Crippen LogP contribution < -0.4 is 10.6 Å². The average Bonchev–Trinajstić information content (AvgIpc) is 2.79. The first kappa shape index (κ1) is 14.8. The molecule has 104 valence electrons. The summed E-state index contributed by atoms with van der Waals surface area (Å²) >= 11 is 0. The third-order valence-corrected chi connectivity index (χ3v) is 3.10. The van der Waals surface area contributed by atoms with E-state index in [9.17, 15) is 9.59 Å². The second-order valence-corrected chi connectivity index (χ2v) is 5.03. The van der Waals surface area contributed by atoms with Crippen molar-refractivity contribution in [2.75, 3.05) is 26.2 Å². The molecule has 0 aromatic rings. The highest BCUT2D eigenvalue weighted by atomic mass is 16.4. The SMILES string of the molecule is CC(CNC(=O)N[C@H](C)C(=O)O)CN1CCCC1. The van der Waals surface area contributed by atoms with Crippen molar-refractivity contribution in [3.8, 4) is 0 Å². The van der Waals surface area contributed by atoms with Gasteiger partial charge in [0.15, 0.2) is 0 Å². The largest absolute Gasteiger partial charge is 0.480 e. The molecule has 0 aromatic heterocycles. The third kappa shape index (κ3) is 5.35. The van der Waals surface area contributed by atoms with Gasteiger partial charge in [-0.3, -0.25) is 4.79 Å². The standard InChI is InChI=1S/C12H23N3O3/c1-9(8-15-5-3-4-6-15)7-13-12(18)14-10(2)11(16)17/h9-10H,3-8H2,1-2H3,(H,16,17)(H2,13,14,18)/t9?,10-/m1/s1. The fourth-order valence-electron chi connectivity index (χ4n) is 2.05. The highest BCUT2D eigenvalue weighted by molar-refractivity contribution is 5.82. The van der Waals surface area contributed by atoms with Crippen molar-refractivity contribution in [3.63, 3.8) is 0 Å². The summed E-state index contributed by atoms with van der Waals surface area (Å²) in [6.07, 6.45) is 2.52. The van der Waals surface area contributed by atoms with E-state index in [1.54, 1.807) is 0 Å². The van der Waals surface area contributed by atoms with Gasteiger partial charge in [0.05, 0.1) is 0 Å². The van der Waals surface area contributed by atoms with Crippen molar-refractivity contribution in [2.24, 2.45) is 5.92 Å². The number of hydrogen-bond donors (Lipinski definition) is 3. The minimum Gasteiger partial charge on any atom is -0.480 e. The number of urea groups is 1. The van der Waals surface area contributed by atoms with Crippen molar-refractivity contribution in [1.82, 2.24) is 15.5 Å². The lowest BCUT2D eigenvalue weighted by Crippen LogP contribution is -2.46. The van der Waals surface area contributed by atoms with Crippen molar-refractivity contribution in [1.29, 1.82) is 0 Å². The van der Waals surface area contributed by atoms with Gasteiger partial charge in [0, 0.05) is 13.1 Å². The van der Waals surface area contributed by atoms with E-state index in [4.69, 9.17) is 5.11 Å². The molecule has 0 aromatic carbocycles. The van der Waals surface area contributed by atoms with Crippen molar-refractivity contribution in [2.45, 2.75) is 32.7 Å². The second-order valence-electron chi connectivity index (χ2n) is 5.03. The average molecular weight is 257 g/mol. The summed E-state index contributed by atoms with van der Waals surface area (Å²) in [5.41, 5.74) is 0. The molecule has 1 rings (SSSR count). The van der Waals surface area contributed by atoms with Gasteiger partial charge in [-0.1, -0.05) is 6.92 Å². The number of nitrogens with one attached hydrogen (secondary N) is 2. The maximum atomic E-state index is 11.4. The molecular weight excluding hydrogens is 234 g/mol. The Labute approximate surface area is 108 Å². The second kappa shape index (κ2) is 7.20. The van der Waals surface area contributed by atoms with Crippen molar-refractivity contribution in [3.05, 3.63) is 0 Å². The zero-order valence-corrected chi connectivity index (χ0v) is 11.1. The third-order valence-electron chi connectivity index (χ3n) is 3.10. The van der Waals surface area contributed by atoms with Crippen LogP contribution in [-0.4, -0.2) is 54.2 Å². The van der Waals surface area contributed by atoms with E-state index in [0.29, 0.717) is 12.5 Å². The molecule has 6 nitrogen and oxygen atoms in total. The minimum absolute atomic E-state index is 0.369. The number of carboxylic acid groups (broad SMARTS) is 1. The molecule has 0 spiro atoms. The normalized spacial score (nSPS) is 19.2. The molecule has 0 aliphatic carbocycles. The summed E-state index contributed by atoms with van der Waals surface area (Å²) in [4.78, 5) is 24.3. The number of rotatable bonds is 6. The summed E-state index contributed by atoms with van der Waals surface area (Å²) in [5.74, 6) is -0.663. The van der Waals surface area contributed by atoms with Crippen LogP contribution in [0.5, 0.6) is 0 Å². The molecule has 0 radical (unpaired) electrons. The number of carbonyl (C=O) groups excluding carboxylic acids is 1. The van der Waals surface area contributed by atoms with E-state index in [1.807, 2.05) is 0 Å². The molecular formula is C12H23N3O3. The lowest BCUT2D eigenvalue weighted by molar-refractivity contribution is -0.138. The highest BCUT2D eigenvalue weighted by Crippen LogP contribution is 2.09. The predicted molar refractivity (Wildman–Crippen MR) is 68.5 cm³/mol. The predicted octanol–water partition coefficient (Wildman–Crippen LogP) is 0.491. The van der Waals surface area contributed by atoms with Crippen LogP contribution in [0.25, 0.3) is 0 Å². The molecule has 0 bridgehead atoms. The van der Waals surface area contributed by atoms with Gasteiger partial charge in [0.2, 0.25) is 0 Å². The first-order valence-electron chi connectivity index (χ1n) is 6.48. The molecule has 18 heavy (non-hydrogen) atoms. The maximum absolute atomic E-state index is 11.4. The molecule has 6 heteroatoms. The Morgan fingerprint density at radius 1 is 1.28 bits per heavy atom. The molecule has 2 amide bonds. The van der Waals surface area contributed by atoms with Gasteiger partial charge in [-0.15, -0.1) is 0 Å². The van der Waals surface area contributed by atoms with Crippen LogP contribution in [0.1, 0.15) is 26.7 Å². The Morgan fingerprint density at radius 2 is 1.89 bits per heavy atom. The van der Waals surface area contributed by atoms with Gasteiger partial charge in [0.25, 0.3) is 0 Å². The number of likely N-dealkylation sites (tertiary alicyclic amines) is 1. The first-order chi connectivity index (χ1) is 8.49. The van der Waals surface area contributed by atoms with Gasteiger partial charge in [-0.05, 0) is 38.8 Å². The summed E-state index contributed by atoms with van der Waals surface area (Å²) in [6.45, 7) is 7.36. The first-order valence-corrected chi connectivity index (χ1v) is 6.48. The number of aliphatic carboxylic acids is 1. The minimum atomic E-state index is -1.03. The van der Waals surface area contributed by atoms with Gasteiger partial charge >= 0.3 is 12.0 Å². The van der Waals surface area contributed by atoms with Crippen LogP contribution in [0.15, 0.2) is 0 Å². The molecule has 2 atom stereocenters. The fraction of sp³-hybridized carbons (Fsp3) is 0.833. The number of amides is 2. The molecule has 0 saturated carbocycles. The lowest BCUT2D eigenvalue weighted by Gasteiger charge is -2.20. The Hall–Kier alpha value is -1.30. The molecule has 1 heterocycles. The molecule has 1 saturated heterocycles. The van der Waals surface area contributed by atoms with Crippen molar-refractivity contribution >= 4 is 12.0 Å². The van der Waals surface area contributed by atoms with Crippen molar-refractivity contribution < 1.29 is 14.7 Å². The number of hydrogen-bond acceptors (Lipinski definition) is 3. The number of carbonyl (C=O) groups is 2. The molecule has 3 N–H and O–H groups in total. The summed E-state index contributed by atoms with van der Waals surface area (Å²) in [7, 11) is 0. The molecule has 1 unspecified atom stereocenters. The maximum Gasteiger partial charge on any atom is 0.325 e. The van der Waals surface area contributed by atoms with E-state index in [-0.39, 0.29) is 0 Å².